The molecule has 0 aliphatic rings. The fourth-order valence-electron chi connectivity index (χ4n) is 1.07. The molecule has 2 N–H and O–H groups in total. The van der Waals surface area contributed by atoms with E-state index in [9.17, 15) is 4.79 Å². The molecule has 0 saturated heterocycles. The molecule has 0 aliphatic carbocycles. The number of aromatic nitrogens is 1. The molecule has 4 nitrogen and oxygen atoms in total. The number of nitrogens with zero attached hydrogens (tertiary/aromatic N) is 1. The number of carbonyl (C=O) groups excluding carboxylic acids is 1. The highest BCUT2D eigenvalue weighted by Gasteiger charge is 2.11. The fraction of sp³-hybridized carbons (Fsp3) is 0.500. The average molecular weight is 198 g/mol. The van der Waals surface area contributed by atoms with Crippen molar-refractivity contribution in [3.63, 3.8) is 0 Å². The van der Waals surface area contributed by atoms with Crippen LogP contribution in [0.1, 0.15) is 31.3 Å². The van der Waals surface area contributed by atoms with Crippen molar-refractivity contribution in [3.05, 3.63) is 18.0 Å². The number of carbonyl (C=O) groups is 1. The lowest BCUT2D eigenvalue weighted by atomic mass is 10.4. The van der Waals surface area contributed by atoms with Crippen molar-refractivity contribution in [2.45, 2.75) is 27.3 Å². The van der Waals surface area contributed by atoms with Gasteiger partial charge in [-0.05, 0) is 13.0 Å². The number of esters is 1. The number of ether oxygens (including phenoxy) is 1. The molecule has 1 rings (SSSR count). The molecule has 0 aromatic carbocycles. The van der Waals surface area contributed by atoms with Gasteiger partial charge in [0.2, 0.25) is 0 Å². The Hall–Kier alpha value is -1.45. The second-order valence-corrected chi connectivity index (χ2v) is 2.44. The molecule has 80 valence electrons. The van der Waals surface area contributed by atoms with Crippen LogP contribution < -0.4 is 5.73 Å². The first-order valence-electron chi connectivity index (χ1n) is 4.73. The summed E-state index contributed by atoms with van der Waals surface area (Å²) in [4.78, 5) is 11.1. The predicted octanol–water partition coefficient (Wildman–Crippen LogP) is 1.90. The van der Waals surface area contributed by atoms with Crippen LogP contribution in [-0.2, 0) is 11.3 Å². The van der Waals surface area contributed by atoms with E-state index in [0.717, 1.165) is 0 Å². The standard InChI is InChI=1S/C8H12N2O2.C2H6/c1-3-10-5-6(9)4-7(10)8(11)12-2;1-2/h4-5H,3,9H2,1-2H3;1-2H3. The number of aryl methyl sites for hydroxylation is 1. The maximum Gasteiger partial charge on any atom is 0.354 e. The first-order chi connectivity index (χ1) is 6.69. The SMILES string of the molecule is CC.CCn1cc(N)cc1C(=O)OC. The molecule has 0 unspecified atom stereocenters. The highest BCUT2D eigenvalue weighted by Crippen LogP contribution is 2.11. The van der Waals surface area contributed by atoms with E-state index in [4.69, 9.17) is 5.73 Å². The molecule has 1 aromatic heterocycles. The van der Waals surface area contributed by atoms with E-state index >= 15 is 0 Å². The van der Waals surface area contributed by atoms with E-state index in [0.29, 0.717) is 17.9 Å². The van der Waals surface area contributed by atoms with Gasteiger partial charge in [0.05, 0.1) is 12.8 Å². The van der Waals surface area contributed by atoms with Crippen molar-refractivity contribution in [2.24, 2.45) is 0 Å². The van der Waals surface area contributed by atoms with Crippen LogP contribution in [0.15, 0.2) is 12.3 Å². The molecule has 0 atom stereocenters. The summed E-state index contributed by atoms with van der Waals surface area (Å²) in [6.07, 6.45) is 1.71. The Morgan fingerprint density at radius 2 is 2.14 bits per heavy atom. The van der Waals surface area contributed by atoms with E-state index in [2.05, 4.69) is 4.74 Å². The lowest BCUT2D eigenvalue weighted by molar-refractivity contribution is 0.0588. The molecule has 0 saturated carbocycles. The van der Waals surface area contributed by atoms with Crippen molar-refractivity contribution >= 4 is 11.7 Å². The van der Waals surface area contributed by atoms with Crippen LogP contribution in [0.3, 0.4) is 0 Å². The molecule has 1 heterocycles. The van der Waals surface area contributed by atoms with E-state index in [1.54, 1.807) is 16.8 Å². The van der Waals surface area contributed by atoms with Crippen molar-refractivity contribution in [3.8, 4) is 0 Å². The van der Waals surface area contributed by atoms with E-state index < -0.39 is 0 Å². The first kappa shape index (κ1) is 12.6. The summed E-state index contributed by atoms with van der Waals surface area (Å²) >= 11 is 0. The molecular formula is C10H18N2O2. The number of hydrogen-bond donors (Lipinski definition) is 1. The van der Waals surface area contributed by atoms with Crippen LogP contribution in [0.4, 0.5) is 5.69 Å². The van der Waals surface area contributed by atoms with Gasteiger partial charge in [-0.15, -0.1) is 0 Å². The molecule has 0 aliphatic heterocycles. The van der Waals surface area contributed by atoms with Crippen LogP contribution >= 0.6 is 0 Å². The Labute approximate surface area is 84.7 Å². The monoisotopic (exact) mass is 198 g/mol. The first-order valence-corrected chi connectivity index (χ1v) is 4.73. The van der Waals surface area contributed by atoms with Crippen molar-refractivity contribution in [2.75, 3.05) is 12.8 Å². The third-order valence-corrected chi connectivity index (χ3v) is 1.65. The lowest BCUT2D eigenvalue weighted by Gasteiger charge is -2.02. The Morgan fingerprint density at radius 1 is 1.57 bits per heavy atom. The summed E-state index contributed by atoms with van der Waals surface area (Å²) in [5, 5.41) is 0. The van der Waals surface area contributed by atoms with Gasteiger partial charge in [0, 0.05) is 12.7 Å². The Morgan fingerprint density at radius 3 is 2.57 bits per heavy atom. The second-order valence-electron chi connectivity index (χ2n) is 2.44. The molecule has 0 bridgehead atoms. The van der Waals surface area contributed by atoms with Crippen molar-refractivity contribution in [1.29, 1.82) is 0 Å². The van der Waals surface area contributed by atoms with Gasteiger partial charge in [-0.2, -0.15) is 0 Å². The predicted molar refractivity (Wildman–Crippen MR) is 57.2 cm³/mol. The number of rotatable bonds is 2. The number of methoxy groups -OCH3 is 1. The molecule has 4 heteroatoms. The molecule has 0 spiro atoms. The zero-order chi connectivity index (χ0) is 11.1. The van der Waals surface area contributed by atoms with E-state index in [1.165, 1.54) is 7.11 Å². The van der Waals surface area contributed by atoms with Gasteiger partial charge >= 0.3 is 5.97 Å². The Balaban J connectivity index is 0.000000791. The minimum absolute atomic E-state index is 0.353. The number of nitrogen functional groups attached to an aromatic ring is 1. The van der Waals surface area contributed by atoms with Crippen LogP contribution in [-0.4, -0.2) is 17.6 Å². The number of nitrogens with two attached hydrogens (primary N) is 1. The van der Waals surface area contributed by atoms with Crippen LogP contribution in [0.2, 0.25) is 0 Å². The molecule has 1 aromatic rings. The maximum atomic E-state index is 11.1. The van der Waals surface area contributed by atoms with Crippen LogP contribution in [0, 0.1) is 0 Å². The van der Waals surface area contributed by atoms with E-state index in [-0.39, 0.29) is 5.97 Å². The lowest BCUT2D eigenvalue weighted by Crippen LogP contribution is -2.08. The number of hydrogen-bond acceptors (Lipinski definition) is 3. The zero-order valence-corrected chi connectivity index (χ0v) is 9.20. The number of anilines is 1. The highest BCUT2D eigenvalue weighted by atomic mass is 16.5. The molecule has 14 heavy (non-hydrogen) atoms. The fourth-order valence-corrected chi connectivity index (χ4v) is 1.07. The summed E-state index contributed by atoms with van der Waals surface area (Å²) in [7, 11) is 1.35. The largest absolute Gasteiger partial charge is 0.464 e. The van der Waals surface area contributed by atoms with Gasteiger partial charge < -0.3 is 15.0 Å². The topological polar surface area (TPSA) is 57.2 Å². The summed E-state index contributed by atoms with van der Waals surface area (Å²) < 4.78 is 6.33. The summed E-state index contributed by atoms with van der Waals surface area (Å²) in [6.45, 7) is 6.65. The maximum absolute atomic E-state index is 11.1. The quantitative estimate of drug-likeness (QED) is 0.738. The molecular weight excluding hydrogens is 180 g/mol. The zero-order valence-electron chi connectivity index (χ0n) is 9.20. The van der Waals surface area contributed by atoms with Crippen molar-refractivity contribution < 1.29 is 9.53 Å². The van der Waals surface area contributed by atoms with Gasteiger partial charge in [-0.3, -0.25) is 0 Å². The van der Waals surface area contributed by atoms with Gasteiger partial charge in [-0.25, -0.2) is 4.79 Å². The summed E-state index contributed by atoms with van der Waals surface area (Å²) in [5.74, 6) is -0.353. The van der Waals surface area contributed by atoms with Crippen molar-refractivity contribution in [1.82, 2.24) is 4.57 Å². The molecule has 0 amide bonds. The van der Waals surface area contributed by atoms with Crippen LogP contribution in [0.5, 0.6) is 0 Å². The van der Waals surface area contributed by atoms with Gasteiger partial charge in [0.25, 0.3) is 0 Å². The highest BCUT2D eigenvalue weighted by molar-refractivity contribution is 5.88. The Kier molecular flexibility index (Phi) is 5.44. The van der Waals surface area contributed by atoms with Gasteiger partial charge in [-0.1, -0.05) is 13.8 Å². The van der Waals surface area contributed by atoms with E-state index in [1.807, 2.05) is 20.8 Å². The summed E-state index contributed by atoms with van der Waals surface area (Å²) in [5.41, 5.74) is 6.60. The van der Waals surface area contributed by atoms with Gasteiger partial charge in [0.1, 0.15) is 5.69 Å². The average Bonchev–Trinajstić information content (AvgIpc) is 2.61. The van der Waals surface area contributed by atoms with Crippen LogP contribution in [0.25, 0.3) is 0 Å². The van der Waals surface area contributed by atoms with Gasteiger partial charge in [0.15, 0.2) is 0 Å². The molecule has 0 fully saturated rings. The third kappa shape index (κ3) is 2.80. The summed E-state index contributed by atoms with van der Waals surface area (Å²) in [6, 6.07) is 1.61. The Bertz CT molecular complexity index is 292. The third-order valence-electron chi connectivity index (χ3n) is 1.65. The second kappa shape index (κ2) is 6.07. The smallest absolute Gasteiger partial charge is 0.354 e. The minimum atomic E-state index is -0.353. The molecule has 0 radical (unpaired) electrons. The normalized spacial score (nSPS) is 8.86. The minimum Gasteiger partial charge on any atom is -0.464 e.